The molecule has 0 spiro atoms. The van der Waals surface area contributed by atoms with Crippen molar-refractivity contribution >= 4 is 11.9 Å². The quantitative estimate of drug-likeness (QED) is 0.0863. The van der Waals surface area contributed by atoms with E-state index in [2.05, 4.69) is 13.8 Å². The Labute approximate surface area is 211 Å². The second kappa shape index (κ2) is 21.2. The van der Waals surface area contributed by atoms with Crippen molar-refractivity contribution in [2.75, 3.05) is 27.7 Å². The molecule has 5 nitrogen and oxygen atoms in total. The van der Waals surface area contributed by atoms with Gasteiger partial charge in [-0.3, -0.25) is 9.59 Å². The number of carbonyl (C=O) groups is 2. The molecule has 0 aliphatic carbocycles. The van der Waals surface area contributed by atoms with Gasteiger partial charge in [-0.15, -0.1) is 0 Å². The van der Waals surface area contributed by atoms with Crippen molar-refractivity contribution in [2.45, 2.75) is 142 Å². The molecule has 202 valence electrons. The predicted octanol–water partition coefficient (Wildman–Crippen LogP) is 7.76. The fourth-order valence-electron chi connectivity index (χ4n) is 4.61. The predicted molar refractivity (Wildman–Crippen MR) is 143 cm³/mol. The third-order valence-electron chi connectivity index (χ3n) is 6.58. The van der Waals surface area contributed by atoms with E-state index in [-0.39, 0.29) is 12.4 Å². The summed E-state index contributed by atoms with van der Waals surface area (Å²) in [5.41, 5.74) is 0. The van der Waals surface area contributed by atoms with Gasteiger partial charge in [-0.2, -0.15) is 0 Å². The molecule has 0 aliphatic heterocycles. The maximum Gasteiger partial charge on any atom is 0.307 e. The fraction of sp³-hybridized carbons (Fsp3) is 0.931. The van der Waals surface area contributed by atoms with Crippen LogP contribution < -0.4 is 0 Å². The number of ether oxygens (including phenoxy) is 1. The number of quaternary nitrogens is 1. The molecule has 0 saturated heterocycles. The Morgan fingerprint density at radius 3 is 1.62 bits per heavy atom. The van der Waals surface area contributed by atoms with Crippen molar-refractivity contribution in [2.24, 2.45) is 5.92 Å². The molecule has 0 aromatic rings. The van der Waals surface area contributed by atoms with E-state index in [9.17, 15) is 9.59 Å². The molecule has 0 amide bonds. The fourth-order valence-corrected chi connectivity index (χ4v) is 4.61. The van der Waals surface area contributed by atoms with Crippen molar-refractivity contribution in [3.05, 3.63) is 0 Å². The molecule has 2 atom stereocenters. The van der Waals surface area contributed by atoms with Crippen molar-refractivity contribution in [1.29, 1.82) is 0 Å². The van der Waals surface area contributed by atoms with Crippen LogP contribution in [-0.2, 0) is 14.3 Å². The first-order valence-corrected chi connectivity index (χ1v) is 14.4. The van der Waals surface area contributed by atoms with E-state index < -0.39 is 12.1 Å². The third kappa shape index (κ3) is 24.0. The molecule has 0 aliphatic rings. The molecule has 0 aromatic carbocycles. The van der Waals surface area contributed by atoms with Crippen LogP contribution >= 0.6 is 0 Å². The minimum Gasteiger partial charge on any atom is -0.481 e. The van der Waals surface area contributed by atoms with Crippen LogP contribution in [0.15, 0.2) is 0 Å². The van der Waals surface area contributed by atoms with Crippen molar-refractivity contribution < 1.29 is 23.9 Å². The molecule has 0 bridgehead atoms. The smallest absolute Gasteiger partial charge is 0.307 e. The van der Waals surface area contributed by atoms with Crippen LogP contribution in [0.4, 0.5) is 0 Å². The lowest BCUT2D eigenvalue weighted by molar-refractivity contribution is -0.873. The molecule has 0 fully saturated rings. The van der Waals surface area contributed by atoms with Gasteiger partial charge in [-0.05, 0) is 12.3 Å². The number of carboxylic acids is 1. The maximum absolute atomic E-state index is 12.1. The van der Waals surface area contributed by atoms with Crippen LogP contribution in [0.1, 0.15) is 136 Å². The zero-order chi connectivity index (χ0) is 25.7. The molecule has 0 saturated carbocycles. The first-order chi connectivity index (χ1) is 16.1. The van der Waals surface area contributed by atoms with Gasteiger partial charge >= 0.3 is 11.9 Å². The van der Waals surface area contributed by atoms with E-state index in [0.717, 1.165) is 18.8 Å². The molecule has 0 rings (SSSR count). The van der Waals surface area contributed by atoms with E-state index >= 15 is 0 Å². The summed E-state index contributed by atoms with van der Waals surface area (Å²) in [6.45, 7) is 5.22. The normalized spacial score (nSPS) is 13.6. The van der Waals surface area contributed by atoms with Crippen molar-refractivity contribution in [3.8, 4) is 0 Å². The number of rotatable bonds is 24. The molecule has 0 aromatic heterocycles. The van der Waals surface area contributed by atoms with Gasteiger partial charge in [0, 0.05) is 6.42 Å². The highest BCUT2D eigenvalue weighted by Gasteiger charge is 2.24. The first kappa shape index (κ1) is 32.9. The van der Waals surface area contributed by atoms with Gasteiger partial charge in [-0.25, -0.2) is 0 Å². The minimum absolute atomic E-state index is 0.126. The highest BCUT2D eigenvalue weighted by molar-refractivity contribution is 5.71. The minimum atomic E-state index is -0.922. The third-order valence-corrected chi connectivity index (χ3v) is 6.58. The largest absolute Gasteiger partial charge is 0.481 e. The lowest BCUT2D eigenvalue weighted by atomic mass is 9.96. The Morgan fingerprint density at radius 1 is 0.735 bits per heavy atom. The van der Waals surface area contributed by atoms with E-state index in [1.54, 1.807) is 0 Å². The Balaban J connectivity index is 3.57. The number of nitrogens with zero attached hydrogens (tertiary/aromatic N) is 1. The zero-order valence-electron chi connectivity index (χ0n) is 23.4. The van der Waals surface area contributed by atoms with Gasteiger partial charge in [0.15, 0.2) is 6.10 Å². The van der Waals surface area contributed by atoms with Gasteiger partial charge in [0.1, 0.15) is 6.54 Å². The number of likely N-dealkylation sites (N-methyl/N-ethyl adjacent to an activating group) is 1. The molecular weight excluding hydrogens is 426 g/mol. The second-order valence-electron chi connectivity index (χ2n) is 11.6. The Kier molecular flexibility index (Phi) is 20.5. The first-order valence-electron chi connectivity index (χ1n) is 14.4. The van der Waals surface area contributed by atoms with Crippen LogP contribution in [0.3, 0.4) is 0 Å². The van der Waals surface area contributed by atoms with Gasteiger partial charge in [0.05, 0.1) is 27.6 Å². The van der Waals surface area contributed by atoms with E-state index in [1.807, 2.05) is 21.1 Å². The molecule has 1 N–H and O–H groups in total. The average molecular weight is 485 g/mol. The van der Waals surface area contributed by atoms with Crippen LogP contribution in [-0.4, -0.2) is 55.3 Å². The summed E-state index contributed by atoms with van der Waals surface area (Å²) < 4.78 is 6.02. The van der Waals surface area contributed by atoms with E-state index in [1.165, 1.54) is 96.3 Å². The van der Waals surface area contributed by atoms with Crippen molar-refractivity contribution in [3.63, 3.8) is 0 Å². The van der Waals surface area contributed by atoms with E-state index in [4.69, 9.17) is 9.84 Å². The number of unbranched alkanes of at least 4 members (excludes halogenated alkanes) is 13. The van der Waals surface area contributed by atoms with E-state index in [0.29, 0.717) is 17.4 Å². The van der Waals surface area contributed by atoms with Gasteiger partial charge in [-0.1, -0.05) is 117 Å². The monoisotopic (exact) mass is 484 g/mol. The molecule has 2 unspecified atom stereocenters. The summed E-state index contributed by atoms with van der Waals surface area (Å²) >= 11 is 0. The summed E-state index contributed by atoms with van der Waals surface area (Å²) in [7, 11) is 5.92. The average Bonchev–Trinajstić information content (AvgIpc) is 2.72. The second-order valence-corrected chi connectivity index (χ2v) is 11.6. The van der Waals surface area contributed by atoms with Crippen molar-refractivity contribution in [1.82, 2.24) is 0 Å². The molecule has 34 heavy (non-hydrogen) atoms. The number of hydrogen-bond acceptors (Lipinski definition) is 3. The Bertz CT molecular complexity index is 501. The summed E-state index contributed by atoms with van der Waals surface area (Å²) in [4.78, 5) is 23.1. The SMILES string of the molecule is CCCCCCCCC(C)CCCCCCCCCCCC(=O)OC(CC(=O)O)C[N+](C)(C)C. The van der Waals surface area contributed by atoms with Gasteiger partial charge in [0.25, 0.3) is 0 Å². The molecule has 5 heteroatoms. The number of hydrogen-bond donors (Lipinski definition) is 1. The maximum atomic E-state index is 12.1. The topological polar surface area (TPSA) is 63.6 Å². The summed E-state index contributed by atoms with van der Waals surface area (Å²) in [6, 6.07) is 0. The summed E-state index contributed by atoms with van der Waals surface area (Å²) in [5.74, 6) is -0.288. The summed E-state index contributed by atoms with van der Waals surface area (Å²) in [5, 5.41) is 9.05. The Morgan fingerprint density at radius 2 is 1.18 bits per heavy atom. The van der Waals surface area contributed by atoms with Crippen LogP contribution in [0.25, 0.3) is 0 Å². The molecular formula is C29H58NO4+. The lowest BCUT2D eigenvalue weighted by Gasteiger charge is -2.28. The highest BCUT2D eigenvalue weighted by Crippen LogP contribution is 2.19. The Hall–Kier alpha value is -1.10. The molecule has 0 heterocycles. The highest BCUT2D eigenvalue weighted by atomic mass is 16.5. The van der Waals surface area contributed by atoms with Crippen LogP contribution in [0, 0.1) is 5.92 Å². The number of carboxylic acid groups (broad SMARTS) is 1. The van der Waals surface area contributed by atoms with Gasteiger partial charge < -0.3 is 14.3 Å². The lowest BCUT2D eigenvalue weighted by Crippen LogP contribution is -2.43. The van der Waals surface area contributed by atoms with Crippen LogP contribution in [0.5, 0.6) is 0 Å². The standard InChI is InChI=1S/C29H57NO4/c1-6-7-8-9-15-18-21-26(2)22-19-16-13-11-10-12-14-17-20-23-29(33)34-27(24-28(31)32)25-30(3,4)5/h26-27H,6-25H2,1-5H3/p+1. The summed E-state index contributed by atoms with van der Waals surface area (Å²) in [6.07, 6.45) is 22.0. The number of carbonyl (C=O) groups excluding carboxylic acids is 1. The number of esters is 1. The number of aliphatic carboxylic acids is 1. The molecule has 0 radical (unpaired) electrons. The van der Waals surface area contributed by atoms with Crippen LogP contribution in [0.2, 0.25) is 0 Å². The van der Waals surface area contributed by atoms with Gasteiger partial charge in [0.2, 0.25) is 0 Å². The zero-order valence-corrected chi connectivity index (χ0v) is 23.4.